The van der Waals surface area contributed by atoms with Crippen molar-refractivity contribution in [1.29, 1.82) is 0 Å². The van der Waals surface area contributed by atoms with Gasteiger partial charge in [0.05, 0.1) is 27.4 Å². The third-order valence-corrected chi connectivity index (χ3v) is 4.05. The predicted octanol–water partition coefficient (Wildman–Crippen LogP) is 3.91. The molecule has 0 aliphatic carbocycles. The van der Waals surface area contributed by atoms with E-state index in [0.717, 1.165) is 11.1 Å². The number of nitrogens with one attached hydrogen (secondary N) is 1. The van der Waals surface area contributed by atoms with Gasteiger partial charge in [-0.1, -0.05) is 29.8 Å². The molecule has 0 aromatic heterocycles. The zero-order valence-corrected chi connectivity index (χ0v) is 15.8. The van der Waals surface area contributed by atoms with Crippen LogP contribution in [0.4, 0.5) is 0 Å². The molecule has 26 heavy (non-hydrogen) atoms. The highest BCUT2D eigenvalue weighted by Gasteiger charge is 2.12. The molecular formula is C21H25NO4. The van der Waals surface area contributed by atoms with Gasteiger partial charge in [-0.25, -0.2) is 0 Å². The Morgan fingerprint density at radius 2 is 1.58 bits per heavy atom. The molecule has 0 fully saturated rings. The molecule has 1 N–H and O–H groups in total. The fourth-order valence-electron chi connectivity index (χ4n) is 2.57. The van der Waals surface area contributed by atoms with Gasteiger partial charge in [0, 0.05) is 6.08 Å². The first-order valence-corrected chi connectivity index (χ1v) is 8.33. The monoisotopic (exact) mass is 355 g/mol. The van der Waals surface area contributed by atoms with Gasteiger partial charge in [-0.3, -0.25) is 4.79 Å². The summed E-state index contributed by atoms with van der Waals surface area (Å²) >= 11 is 0. The first-order chi connectivity index (χ1) is 12.5. The van der Waals surface area contributed by atoms with Gasteiger partial charge in [-0.15, -0.1) is 0 Å². The van der Waals surface area contributed by atoms with Crippen molar-refractivity contribution in [2.75, 3.05) is 21.3 Å². The quantitative estimate of drug-likeness (QED) is 0.765. The summed E-state index contributed by atoms with van der Waals surface area (Å²) in [4.78, 5) is 12.2. The number of carbonyl (C=O) groups excluding carboxylic acids is 1. The molecule has 0 aliphatic heterocycles. The summed E-state index contributed by atoms with van der Waals surface area (Å²) < 4.78 is 15.9. The summed E-state index contributed by atoms with van der Waals surface area (Å²) in [6.45, 7) is 3.99. The third kappa shape index (κ3) is 4.79. The number of ether oxygens (including phenoxy) is 3. The summed E-state index contributed by atoms with van der Waals surface area (Å²) in [5.74, 6) is 1.43. The summed E-state index contributed by atoms with van der Waals surface area (Å²) in [7, 11) is 4.66. The maximum atomic E-state index is 12.2. The van der Waals surface area contributed by atoms with Gasteiger partial charge in [0.15, 0.2) is 11.5 Å². The number of amides is 1. The van der Waals surface area contributed by atoms with Crippen molar-refractivity contribution in [3.05, 3.63) is 59.2 Å². The SMILES string of the molecule is COc1cc(/C=C/C(=O)NC(C)c2ccc(C)cc2)cc(OC)c1OC. The van der Waals surface area contributed by atoms with E-state index in [1.165, 1.54) is 11.6 Å². The Hall–Kier alpha value is -2.95. The molecular weight excluding hydrogens is 330 g/mol. The lowest BCUT2D eigenvalue weighted by Crippen LogP contribution is -2.24. The van der Waals surface area contributed by atoms with Crippen LogP contribution in [0, 0.1) is 6.92 Å². The summed E-state index contributed by atoms with van der Waals surface area (Å²) in [6, 6.07) is 11.6. The molecule has 1 unspecified atom stereocenters. The molecule has 2 aromatic carbocycles. The molecule has 0 bridgehead atoms. The van der Waals surface area contributed by atoms with E-state index in [9.17, 15) is 4.79 Å². The zero-order chi connectivity index (χ0) is 19.1. The van der Waals surface area contributed by atoms with Crippen LogP contribution in [0.15, 0.2) is 42.5 Å². The molecule has 0 radical (unpaired) electrons. The van der Waals surface area contributed by atoms with Gasteiger partial charge in [-0.05, 0) is 43.2 Å². The Balaban J connectivity index is 2.11. The second-order valence-electron chi connectivity index (χ2n) is 5.93. The van der Waals surface area contributed by atoms with Gasteiger partial charge in [0.2, 0.25) is 11.7 Å². The number of rotatable bonds is 7. The minimum Gasteiger partial charge on any atom is -0.493 e. The maximum absolute atomic E-state index is 12.2. The first kappa shape index (κ1) is 19.4. The van der Waals surface area contributed by atoms with Crippen molar-refractivity contribution in [3.63, 3.8) is 0 Å². The van der Waals surface area contributed by atoms with Gasteiger partial charge in [-0.2, -0.15) is 0 Å². The van der Waals surface area contributed by atoms with Crippen LogP contribution in [0.25, 0.3) is 6.08 Å². The minimum absolute atomic E-state index is 0.0762. The normalized spacial score (nSPS) is 11.9. The van der Waals surface area contributed by atoms with Crippen LogP contribution < -0.4 is 19.5 Å². The Bertz CT molecular complexity index is 756. The summed E-state index contributed by atoms with van der Waals surface area (Å²) in [6.07, 6.45) is 3.20. The van der Waals surface area contributed by atoms with E-state index in [4.69, 9.17) is 14.2 Å². The van der Waals surface area contributed by atoms with E-state index in [-0.39, 0.29) is 11.9 Å². The predicted molar refractivity (Wildman–Crippen MR) is 103 cm³/mol. The largest absolute Gasteiger partial charge is 0.493 e. The molecule has 5 heteroatoms. The van der Waals surface area contributed by atoms with E-state index in [0.29, 0.717) is 17.2 Å². The smallest absolute Gasteiger partial charge is 0.244 e. The topological polar surface area (TPSA) is 56.8 Å². The number of benzene rings is 2. The van der Waals surface area contributed by atoms with E-state index < -0.39 is 0 Å². The third-order valence-electron chi connectivity index (χ3n) is 4.05. The van der Waals surface area contributed by atoms with Crippen molar-refractivity contribution < 1.29 is 19.0 Å². The van der Waals surface area contributed by atoms with Crippen LogP contribution in [0.3, 0.4) is 0 Å². The van der Waals surface area contributed by atoms with E-state index in [1.54, 1.807) is 39.5 Å². The zero-order valence-electron chi connectivity index (χ0n) is 15.8. The lowest BCUT2D eigenvalue weighted by atomic mass is 10.1. The number of methoxy groups -OCH3 is 3. The van der Waals surface area contributed by atoms with Crippen LogP contribution in [0.2, 0.25) is 0 Å². The molecule has 0 saturated carbocycles. The highest BCUT2D eigenvalue weighted by molar-refractivity contribution is 5.92. The molecule has 1 amide bonds. The van der Waals surface area contributed by atoms with E-state index in [1.807, 2.05) is 38.1 Å². The van der Waals surface area contributed by atoms with E-state index in [2.05, 4.69) is 5.32 Å². The van der Waals surface area contributed by atoms with E-state index >= 15 is 0 Å². The molecule has 0 heterocycles. The average Bonchev–Trinajstić information content (AvgIpc) is 2.65. The lowest BCUT2D eigenvalue weighted by molar-refractivity contribution is -0.117. The molecule has 5 nitrogen and oxygen atoms in total. The molecule has 2 rings (SSSR count). The van der Waals surface area contributed by atoms with Crippen molar-refractivity contribution in [1.82, 2.24) is 5.32 Å². The molecule has 2 aromatic rings. The Morgan fingerprint density at radius 1 is 1.00 bits per heavy atom. The maximum Gasteiger partial charge on any atom is 0.244 e. The Labute approximate surface area is 154 Å². The van der Waals surface area contributed by atoms with Crippen molar-refractivity contribution >= 4 is 12.0 Å². The standard InChI is InChI=1S/C21H25NO4/c1-14-6-9-17(10-7-14)15(2)22-20(23)11-8-16-12-18(24-3)21(26-5)19(13-16)25-4/h6-13,15H,1-5H3,(H,22,23)/b11-8+. The van der Waals surface area contributed by atoms with Crippen LogP contribution in [-0.4, -0.2) is 27.2 Å². The fraction of sp³-hybridized carbons (Fsp3) is 0.286. The number of aryl methyl sites for hydroxylation is 1. The van der Waals surface area contributed by atoms with Gasteiger partial charge in [0.25, 0.3) is 0 Å². The van der Waals surface area contributed by atoms with Crippen molar-refractivity contribution in [2.45, 2.75) is 19.9 Å². The molecule has 1 atom stereocenters. The van der Waals surface area contributed by atoms with Gasteiger partial charge >= 0.3 is 0 Å². The lowest BCUT2D eigenvalue weighted by Gasteiger charge is -2.14. The number of carbonyl (C=O) groups is 1. The van der Waals surface area contributed by atoms with Gasteiger partial charge in [0.1, 0.15) is 0 Å². The van der Waals surface area contributed by atoms with Crippen LogP contribution in [0.5, 0.6) is 17.2 Å². The summed E-state index contributed by atoms with van der Waals surface area (Å²) in [5.41, 5.74) is 3.03. The van der Waals surface area contributed by atoms with Crippen LogP contribution in [0.1, 0.15) is 29.7 Å². The van der Waals surface area contributed by atoms with Crippen LogP contribution in [-0.2, 0) is 4.79 Å². The van der Waals surface area contributed by atoms with Crippen molar-refractivity contribution in [3.8, 4) is 17.2 Å². The van der Waals surface area contributed by atoms with Crippen LogP contribution >= 0.6 is 0 Å². The fourth-order valence-corrected chi connectivity index (χ4v) is 2.57. The van der Waals surface area contributed by atoms with Crippen molar-refractivity contribution in [2.24, 2.45) is 0 Å². The molecule has 0 saturated heterocycles. The second-order valence-corrected chi connectivity index (χ2v) is 5.93. The number of hydrogen-bond acceptors (Lipinski definition) is 4. The summed E-state index contributed by atoms with van der Waals surface area (Å²) in [5, 5.41) is 2.95. The second kappa shape index (κ2) is 8.94. The molecule has 0 aliphatic rings. The first-order valence-electron chi connectivity index (χ1n) is 8.33. The molecule has 0 spiro atoms. The average molecular weight is 355 g/mol. The highest BCUT2D eigenvalue weighted by Crippen LogP contribution is 2.38. The Kier molecular flexibility index (Phi) is 6.67. The Morgan fingerprint density at radius 3 is 2.08 bits per heavy atom. The van der Waals surface area contributed by atoms with Gasteiger partial charge < -0.3 is 19.5 Å². The minimum atomic E-state index is -0.174. The highest BCUT2D eigenvalue weighted by atomic mass is 16.5. The molecule has 138 valence electrons. The number of hydrogen-bond donors (Lipinski definition) is 1.